The molecule has 0 aliphatic heterocycles. The molecule has 2 rings (SSSR count). The summed E-state index contributed by atoms with van der Waals surface area (Å²) in [7, 11) is 0. The number of amides is 1. The third-order valence-corrected chi connectivity index (χ3v) is 3.25. The Labute approximate surface area is 118 Å². The lowest BCUT2D eigenvalue weighted by atomic mass is 10.3. The standard InChI is InChI=1S/C13H11FN2O3S/c14-8-1-3-9(4-2-8)16-11(17)7-19-13(18)12-10(15)5-6-20-12/h1-6H,7,15H2,(H,16,17). The fraction of sp³-hybridized carbons (Fsp3) is 0.0769. The summed E-state index contributed by atoms with van der Waals surface area (Å²) in [5.41, 5.74) is 6.30. The zero-order chi connectivity index (χ0) is 14.5. The first-order valence-electron chi connectivity index (χ1n) is 5.62. The smallest absolute Gasteiger partial charge is 0.350 e. The average Bonchev–Trinajstić information content (AvgIpc) is 2.85. The zero-order valence-corrected chi connectivity index (χ0v) is 11.1. The number of hydrogen-bond acceptors (Lipinski definition) is 5. The van der Waals surface area contributed by atoms with Crippen molar-refractivity contribution in [2.24, 2.45) is 0 Å². The number of halogens is 1. The van der Waals surface area contributed by atoms with Crippen LogP contribution in [-0.4, -0.2) is 18.5 Å². The molecule has 1 aromatic carbocycles. The molecular weight excluding hydrogens is 283 g/mol. The Balaban J connectivity index is 1.85. The highest BCUT2D eigenvalue weighted by Crippen LogP contribution is 2.19. The molecule has 2 aromatic rings. The van der Waals surface area contributed by atoms with E-state index >= 15 is 0 Å². The van der Waals surface area contributed by atoms with Gasteiger partial charge < -0.3 is 15.8 Å². The highest BCUT2D eigenvalue weighted by molar-refractivity contribution is 7.12. The number of hydrogen-bond donors (Lipinski definition) is 2. The monoisotopic (exact) mass is 294 g/mol. The maximum atomic E-state index is 12.7. The molecule has 0 bridgehead atoms. The molecule has 0 aliphatic rings. The van der Waals surface area contributed by atoms with Crippen molar-refractivity contribution < 1.29 is 18.7 Å². The minimum absolute atomic E-state index is 0.264. The number of anilines is 2. The number of carbonyl (C=O) groups excluding carboxylic acids is 2. The van der Waals surface area contributed by atoms with E-state index in [-0.39, 0.29) is 4.88 Å². The third kappa shape index (κ3) is 3.55. The second kappa shape index (κ2) is 6.16. The number of carbonyl (C=O) groups is 2. The van der Waals surface area contributed by atoms with E-state index in [9.17, 15) is 14.0 Å². The number of nitrogens with one attached hydrogen (secondary N) is 1. The van der Waals surface area contributed by atoms with Crippen molar-refractivity contribution in [3.8, 4) is 0 Å². The minimum Gasteiger partial charge on any atom is -0.451 e. The van der Waals surface area contributed by atoms with Gasteiger partial charge in [-0.15, -0.1) is 11.3 Å². The maximum absolute atomic E-state index is 12.7. The molecule has 0 spiro atoms. The summed E-state index contributed by atoms with van der Waals surface area (Å²) in [5.74, 6) is -1.56. The van der Waals surface area contributed by atoms with Gasteiger partial charge in [-0.1, -0.05) is 0 Å². The number of ether oxygens (including phenoxy) is 1. The molecule has 104 valence electrons. The lowest BCUT2D eigenvalue weighted by Gasteiger charge is -2.06. The first-order valence-corrected chi connectivity index (χ1v) is 6.50. The van der Waals surface area contributed by atoms with Crippen LogP contribution in [0.25, 0.3) is 0 Å². The number of nitrogen functional groups attached to an aromatic ring is 1. The summed E-state index contributed by atoms with van der Waals surface area (Å²) in [4.78, 5) is 23.4. The van der Waals surface area contributed by atoms with Crippen LogP contribution in [0.3, 0.4) is 0 Å². The van der Waals surface area contributed by atoms with Crippen LogP contribution >= 0.6 is 11.3 Å². The van der Waals surface area contributed by atoms with Crippen LogP contribution in [0.4, 0.5) is 15.8 Å². The molecule has 0 atom stereocenters. The van der Waals surface area contributed by atoms with E-state index in [2.05, 4.69) is 5.32 Å². The summed E-state index contributed by atoms with van der Waals surface area (Å²) in [6.45, 7) is -0.437. The van der Waals surface area contributed by atoms with E-state index in [0.717, 1.165) is 11.3 Å². The van der Waals surface area contributed by atoms with E-state index in [0.29, 0.717) is 11.4 Å². The number of rotatable bonds is 4. The van der Waals surface area contributed by atoms with Gasteiger partial charge >= 0.3 is 5.97 Å². The minimum atomic E-state index is -0.647. The van der Waals surface area contributed by atoms with Gasteiger partial charge in [0.2, 0.25) is 0 Å². The van der Waals surface area contributed by atoms with Gasteiger partial charge in [-0.05, 0) is 35.7 Å². The van der Waals surface area contributed by atoms with Crippen molar-refractivity contribution in [3.05, 3.63) is 46.4 Å². The Morgan fingerprint density at radius 1 is 1.25 bits per heavy atom. The summed E-state index contributed by atoms with van der Waals surface area (Å²) < 4.78 is 17.5. The second-order valence-corrected chi connectivity index (χ2v) is 4.75. The molecule has 20 heavy (non-hydrogen) atoms. The van der Waals surface area contributed by atoms with E-state index in [1.807, 2.05) is 0 Å². The molecule has 0 unspecified atom stereocenters. The quantitative estimate of drug-likeness (QED) is 0.847. The molecule has 0 radical (unpaired) electrons. The first kappa shape index (κ1) is 14.0. The average molecular weight is 294 g/mol. The highest BCUT2D eigenvalue weighted by Gasteiger charge is 2.14. The summed E-state index contributed by atoms with van der Waals surface area (Å²) in [6.07, 6.45) is 0. The Morgan fingerprint density at radius 3 is 2.55 bits per heavy atom. The van der Waals surface area contributed by atoms with Crippen LogP contribution in [0.15, 0.2) is 35.7 Å². The maximum Gasteiger partial charge on any atom is 0.350 e. The van der Waals surface area contributed by atoms with Crippen LogP contribution in [0.1, 0.15) is 9.67 Å². The van der Waals surface area contributed by atoms with Gasteiger partial charge in [0.05, 0.1) is 5.69 Å². The number of nitrogens with two attached hydrogens (primary N) is 1. The highest BCUT2D eigenvalue weighted by atomic mass is 32.1. The van der Waals surface area contributed by atoms with Gasteiger partial charge in [0, 0.05) is 5.69 Å². The topological polar surface area (TPSA) is 81.4 Å². The fourth-order valence-corrected chi connectivity index (χ4v) is 2.12. The molecule has 5 nitrogen and oxygen atoms in total. The van der Waals surface area contributed by atoms with E-state index in [4.69, 9.17) is 10.5 Å². The molecule has 1 aromatic heterocycles. The SMILES string of the molecule is Nc1ccsc1C(=O)OCC(=O)Nc1ccc(F)cc1. The lowest BCUT2D eigenvalue weighted by Crippen LogP contribution is -2.20. The van der Waals surface area contributed by atoms with Gasteiger partial charge in [-0.25, -0.2) is 9.18 Å². The van der Waals surface area contributed by atoms with Crippen molar-refractivity contribution >= 4 is 34.6 Å². The first-order chi connectivity index (χ1) is 9.56. The molecule has 3 N–H and O–H groups in total. The summed E-state index contributed by atoms with van der Waals surface area (Å²) in [5, 5.41) is 4.13. The van der Waals surface area contributed by atoms with Crippen molar-refractivity contribution in [1.29, 1.82) is 0 Å². The third-order valence-electron chi connectivity index (χ3n) is 2.34. The number of esters is 1. The lowest BCUT2D eigenvalue weighted by molar-refractivity contribution is -0.119. The van der Waals surface area contributed by atoms with Crippen LogP contribution in [0.5, 0.6) is 0 Å². The number of thiophene rings is 1. The molecule has 1 heterocycles. The Kier molecular flexibility index (Phi) is 4.31. The van der Waals surface area contributed by atoms with E-state index in [1.165, 1.54) is 24.3 Å². The van der Waals surface area contributed by atoms with Crippen molar-refractivity contribution in [2.45, 2.75) is 0 Å². The Morgan fingerprint density at radius 2 is 1.95 bits per heavy atom. The van der Waals surface area contributed by atoms with Gasteiger partial charge in [0.15, 0.2) is 6.61 Å². The Hall–Kier alpha value is -2.41. The predicted molar refractivity (Wildman–Crippen MR) is 74.0 cm³/mol. The molecule has 0 aliphatic carbocycles. The van der Waals surface area contributed by atoms with Gasteiger partial charge in [-0.3, -0.25) is 4.79 Å². The Bertz CT molecular complexity index is 625. The molecule has 0 saturated carbocycles. The van der Waals surface area contributed by atoms with Gasteiger partial charge in [-0.2, -0.15) is 0 Å². The molecule has 0 saturated heterocycles. The fourth-order valence-electron chi connectivity index (χ4n) is 1.41. The van der Waals surface area contributed by atoms with Crippen LogP contribution in [0.2, 0.25) is 0 Å². The number of benzene rings is 1. The molecular formula is C13H11FN2O3S. The largest absolute Gasteiger partial charge is 0.451 e. The molecule has 0 fully saturated rings. The van der Waals surface area contributed by atoms with Crippen molar-refractivity contribution in [3.63, 3.8) is 0 Å². The van der Waals surface area contributed by atoms with E-state index < -0.39 is 24.3 Å². The predicted octanol–water partition coefficient (Wildman–Crippen LogP) is 2.26. The van der Waals surface area contributed by atoms with Crippen molar-refractivity contribution in [2.75, 3.05) is 17.7 Å². The molecule has 1 amide bonds. The van der Waals surface area contributed by atoms with Crippen LogP contribution < -0.4 is 11.1 Å². The van der Waals surface area contributed by atoms with Gasteiger partial charge in [0.25, 0.3) is 5.91 Å². The summed E-state index contributed by atoms with van der Waals surface area (Å²) >= 11 is 1.14. The van der Waals surface area contributed by atoms with Crippen LogP contribution in [-0.2, 0) is 9.53 Å². The van der Waals surface area contributed by atoms with E-state index in [1.54, 1.807) is 11.4 Å². The van der Waals surface area contributed by atoms with Crippen molar-refractivity contribution in [1.82, 2.24) is 0 Å². The second-order valence-electron chi connectivity index (χ2n) is 3.84. The normalized spacial score (nSPS) is 10.1. The summed E-state index contributed by atoms with van der Waals surface area (Å²) in [6, 6.07) is 6.83. The van der Waals surface area contributed by atoms with Crippen LogP contribution in [0, 0.1) is 5.82 Å². The van der Waals surface area contributed by atoms with Gasteiger partial charge in [0.1, 0.15) is 10.7 Å². The zero-order valence-electron chi connectivity index (χ0n) is 10.3. The molecule has 7 heteroatoms.